The number of carbonyl (C=O) groups is 1. The maximum Gasteiger partial charge on any atom is 0.244 e. The molecule has 0 radical (unpaired) electrons. The average Bonchev–Trinajstić information content (AvgIpc) is 2.67. The summed E-state index contributed by atoms with van der Waals surface area (Å²) < 4.78 is 12.9. The van der Waals surface area contributed by atoms with Gasteiger partial charge in [0.25, 0.3) is 0 Å². The lowest BCUT2D eigenvalue weighted by Gasteiger charge is -2.16. The zero-order chi connectivity index (χ0) is 14.0. The maximum absolute atomic E-state index is 12.9. The summed E-state index contributed by atoms with van der Waals surface area (Å²) in [6, 6.07) is 7.19. The van der Waals surface area contributed by atoms with Crippen molar-refractivity contribution in [3.8, 4) is 0 Å². The third kappa shape index (κ3) is 3.12. The van der Waals surface area contributed by atoms with Gasteiger partial charge in [0, 0.05) is 15.4 Å². The van der Waals surface area contributed by atoms with Gasteiger partial charge < -0.3 is 11.1 Å². The van der Waals surface area contributed by atoms with Gasteiger partial charge in [-0.3, -0.25) is 4.79 Å². The molecule has 0 aliphatic heterocycles. The minimum atomic E-state index is -0.601. The highest BCUT2D eigenvalue weighted by Gasteiger charge is 2.21. The lowest BCUT2D eigenvalue weighted by molar-refractivity contribution is -0.118. The fourth-order valence-electron chi connectivity index (χ4n) is 1.95. The Labute approximate surface area is 115 Å². The molecule has 1 unspecified atom stereocenters. The van der Waals surface area contributed by atoms with E-state index < -0.39 is 11.9 Å². The summed E-state index contributed by atoms with van der Waals surface area (Å²) in [5.74, 6) is -0.769. The Kier molecular flexibility index (Phi) is 3.85. The normalized spacial score (nSPS) is 12.2. The molecule has 0 bridgehead atoms. The number of thiophene rings is 1. The minimum Gasteiger partial charge on any atom is -0.370 e. The fraction of sp³-hybridized carbons (Fsp3) is 0.214. The molecule has 5 heteroatoms. The molecule has 3 nitrogen and oxygen atoms in total. The van der Waals surface area contributed by atoms with Crippen LogP contribution >= 0.6 is 11.3 Å². The van der Waals surface area contributed by atoms with Gasteiger partial charge in [-0.2, -0.15) is 0 Å². The Morgan fingerprint density at radius 2 is 1.95 bits per heavy atom. The molecule has 100 valence electrons. The first-order valence-electron chi connectivity index (χ1n) is 5.85. The van der Waals surface area contributed by atoms with Crippen molar-refractivity contribution in [1.29, 1.82) is 0 Å². The molecule has 0 saturated carbocycles. The quantitative estimate of drug-likeness (QED) is 0.902. The van der Waals surface area contributed by atoms with Crippen molar-refractivity contribution in [3.05, 3.63) is 51.5 Å². The third-order valence-corrected chi connectivity index (χ3v) is 3.81. The Hall–Kier alpha value is -1.88. The zero-order valence-electron chi connectivity index (χ0n) is 10.7. The van der Waals surface area contributed by atoms with Crippen molar-refractivity contribution in [2.75, 3.05) is 5.32 Å². The molecule has 0 spiro atoms. The van der Waals surface area contributed by atoms with Crippen molar-refractivity contribution in [1.82, 2.24) is 0 Å². The van der Waals surface area contributed by atoms with Gasteiger partial charge in [0.1, 0.15) is 11.9 Å². The molecule has 2 aromatic rings. The van der Waals surface area contributed by atoms with Crippen LogP contribution in [0.25, 0.3) is 0 Å². The topological polar surface area (TPSA) is 55.1 Å². The minimum absolute atomic E-state index is 0.316. The van der Waals surface area contributed by atoms with Crippen LogP contribution in [-0.2, 0) is 4.79 Å². The Bertz CT molecular complexity index is 592. The smallest absolute Gasteiger partial charge is 0.244 e. The SMILES string of the molecule is Cc1cc(C(Nc2ccc(F)cc2)C(N)=O)c(C)s1. The fourth-order valence-corrected chi connectivity index (χ4v) is 2.92. The van der Waals surface area contributed by atoms with E-state index >= 15 is 0 Å². The van der Waals surface area contributed by atoms with Crippen molar-refractivity contribution in [2.45, 2.75) is 19.9 Å². The van der Waals surface area contributed by atoms with Crippen molar-refractivity contribution in [2.24, 2.45) is 5.73 Å². The number of halogens is 1. The van der Waals surface area contributed by atoms with E-state index in [2.05, 4.69) is 5.32 Å². The number of benzene rings is 1. The summed E-state index contributed by atoms with van der Waals surface area (Å²) in [5, 5.41) is 3.04. The van der Waals surface area contributed by atoms with Crippen LogP contribution in [0.5, 0.6) is 0 Å². The van der Waals surface area contributed by atoms with Gasteiger partial charge in [-0.1, -0.05) is 0 Å². The van der Waals surface area contributed by atoms with E-state index in [0.717, 1.165) is 15.3 Å². The second-order valence-electron chi connectivity index (χ2n) is 4.36. The van der Waals surface area contributed by atoms with E-state index in [1.54, 1.807) is 23.5 Å². The number of nitrogens with one attached hydrogen (secondary N) is 1. The molecule has 1 atom stereocenters. The summed E-state index contributed by atoms with van der Waals surface area (Å²) in [7, 11) is 0. The molecular formula is C14H15FN2OS. The molecule has 1 aromatic carbocycles. The number of hydrogen-bond donors (Lipinski definition) is 2. The van der Waals surface area contributed by atoms with Gasteiger partial charge in [0.2, 0.25) is 5.91 Å². The number of rotatable bonds is 4. The molecule has 1 amide bonds. The van der Waals surface area contributed by atoms with E-state index in [4.69, 9.17) is 5.73 Å². The molecule has 19 heavy (non-hydrogen) atoms. The summed E-state index contributed by atoms with van der Waals surface area (Å²) in [5.41, 5.74) is 6.99. The first-order valence-corrected chi connectivity index (χ1v) is 6.67. The number of anilines is 1. The summed E-state index contributed by atoms with van der Waals surface area (Å²) >= 11 is 1.62. The number of carbonyl (C=O) groups excluding carboxylic acids is 1. The number of amides is 1. The van der Waals surface area contributed by atoms with Crippen LogP contribution in [0.2, 0.25) is 0 Å². The van der Waals surface area contributed by atoms with Gasteiger partial charge in [0.05, 0.1) is 0 Å². The van der Waals surface area contributed by atoms with Crippen molar-refractivity contribution < 1.29 is 9.18 Å². The molecule has 0 aliphatic carbocycles. The first-order chi connectivity index (χ1) is 8.97. The lowest BCUT2D eigenvalue weighted by atomic mass is 10.1. The highest BCUT2D eigenvalue weighted by Crippen LogP contribution is 2.28. The van der Waals surface area contributed by atoms with Crippen LogP contribution < -0.4 is 11.1 Å². The number of aryl methyl sites for hydroxylation is 2. The van der Waals surface area contributed by atoms with Gasteiger partial charge in [-0.05, 0) is 49.7 Å². The number of nitrogens with two attached hydrogens (primary N) is 1. The van der Waals surface area contributed by atoms with Crippen molar-refractivity contribution >= 4 is 22.9 Å². The van der Waals surface area contributed by atoms with E-state index in [9.17, 15) is 9.18 Å². The Balaban J connectivity index is 2.29. The van der Waals surface area contributed by atoms with Gasteiger partial charge in [-0.15, -0.1) is 11.3 Å². The molecule has 3 N–H and O–H groups in total. The van der Waals surface area contributed by atoms with Crippen LogP contribution in [0.1, 0.15) is 21.4 Å². The predicted molar refractivity (Wildman–Crippen MR) is 75.8 cm³/mol. The third-order valence-electron chi connectivity index (χ3n) is 2.83. The second kappa shape index (κ2) is 5.40. The van der Waals surface area contributed by atoms with E-state index in [1.165, 1.54) is 12.1 Å². The number of primary amides is 1. The van der Waals surface area contributed by atoms with Crippen LogP contribution in [0.3, 0.4) is 0 Å². The molecule has 1 heterocycles. The van der Waals surface area contributed by atoms with Crippen LogP contribution in [-0.4, -0.2) is 5.91 Å². The summed E-state index contributed by atoms with van der Waals surface area (Å²) in [6.45, 7) is 3.94. The lowest BCUT2D eigenvalue weighted by Crippen LogP contribution is -2.27. The maximum atomic E-state index is 12.9. The second-order valence-corrected chi connectivity index (χ2v) is 5.82. The first kappa shape index (κ1) is 13.5. The number of hydrogen-bond acceptors (Lipinski definition) is 3. The predicted octanol–water partition coefficient (Wildman–Crippen LogP) is 3.14. The van der Waals surface area contributed by atoms with Crippen LogP contribution in [0.15, 0.2) is 30.3 Å². The molecule has 0 aliphatic rings. The molecule has 0 fully saturated rings. The van der Waals surface area contributed by atoms with Crippen LogP contribution in [0.4, 0.5) is 10.1 Å². The monoisotopic (exact) mass is 278 g/mol. The van der Waals surface area contributed by atoms with Crippen molar-refractivity contribution in [3.63, 3.8) is 0 Å². The van der Waals surface area contributed by atoms with E-state index in [0.29, 0.717) is 5.69 Å². The Morgan fingerprint density at radius 3 is 2.42 bits per heavy atom. The molecule has 1 aromatic heterocycles. The zero-order valence-corrected chi connectivity index (χ0v) is 11.6. The van der Waals surface area contributed by atoms with Crippen LogP contribution in [0, 0.1) is 19.7 Å². The highest BCUT2D eigenvalue weighted by molar-refractivity contribution is 7.12. The van der Waals surface area contributed by atoms with Gasteiger partial charge in [-0.25, -0.2) is 4.39 Å². The average molecular weight is 278 g/mol. The standard InChI is InChI=1S/C14H15FN2OS/c1-8-7-12(9(2)19-8)13(14(16)18)17-11-5-3-10(15)4-6-11/h3-7,13,17H,1-2H3,(H2,16,18). The largest absolute Gasteiger partial charge is 0.370 e. The Morgan fingerprint density at radius 1 is 1.32 bits per heavy atom. The highest BCUT2D eigenvalue weighted by atomic mass is 32.1. The van der Waals surface area contributed by atoms with E-state index in [-0.39, 0.29) is 5.82 Å². The molecular weight excluding hydrogens is 263 g/mol. The van der Waals surface area contributed by atoms with Gasteiger partial charge >= 0.3 is 0 Å². The summed E-state index contributed by atoms with van der Waals surface area (Å²) in [4.78, 5) is 13.8. The summed E-state index contributed by atoms with van der Waals surface area (Å²) in [6.07, 6.45) is 0. The molecule has 0 saturated heterocycles. The molecule has 2 rings (SSSR count). The van der Waals surface area contributed by atoms with Gasteiger partial charge in [0.15, 0.2) is 0 Å². The van der Waals surface area contributed by atoms with E-state index in [1.807, 2.05) is 19.9 Å².